The van der Waals surface area contributed by atoms with E-state index in [1.54, 1.807) is 4.90 Å². The van der Waals surface area contributed by atoms with Gasteiger partial charge in [-0.05, 0) is 6.42 Å². The van der Waals surface area contributed by atoms with Gasteiger partial charge in [-0.2, -0.15) is 0 Å². The maximum Gasteiger partial charge on any atom is 0.358 e. The fourth-order valence-electron chi connectivity index (χ4n) is 2.02. The minimum Gasteiger partial charge on any atom is -0.476 e. The van der Waals surface area contributed by atoms with Gasteiger partial charge < -0.3 is 15.3 Å². The molecule has 1 aliphatic rings. The Labute approximate surface area is 116 Å². The highest BCUT2D eigenvalue weighted by atomic mass is 16.4. The molecule has 0 saturated carbocycles. The van der Waals surface area contributed by atoms with Crippen LogP contribution in [0.4, 0.5) is 4.79 Å². The van der Waals surface area contributed by atoms with Crippen LogP contribution in [0.1, 0.15) is 42.7 Å². The van der Waals surface area contributed by atoms with E-state index in [1.807, 2.05) is 0 Å². The average molecular weight is 281 g/mol. The lowest BCUT2D eigenvalue weighted by atomic mass is 10.1. The van der Waals surface area contributed by atoms with Gasteiger partial charge in [0.25, 0.3) is 0 Å². The van der Waals surface area contributed by atoms with Gasteiger partial charge in [-0.1, -0.05) is 25.0 Å². The number of urea groups is 1. The second kappa shape index (κ2) is 6.36. The van der Waals surface area contributed by atoms with Gasteiger partial charge in [0.2, 0.25) is 0 Å². The van der Waals surface area contributed by atoms with E-state index in [2.05, 4.69) is 22.6 Å². The number of unbranched alkanes of at least 4 members (excludes halogenated alkanes) is 2. The number of aromatic carboxylic acids is 1. The van der Waals surface area contributed by atoms with Crippen molar-refractivity contribution in [1.82, 2.24) is 25.2 Å². The summed E-state index contributed by atoms with van der Waals surface area (Å²) in [6, 6.07) is -0.0621. The largest absolute Gasteiger partial charge is 0.476 e. The fraction of sp³-hybridized carbons (Fsp3) is 0.667. The van der Waals surface area contributed by atoms with Crippen LogP contribution in [-0.4, -0.2) is 56.6 Å². The van der Waals surface area contributed by atoms with E-state index in [1.165, 1.54) is 10.9 Å². The highest BCUT2D eigenvalue weighted by Crippen LogP contribution is 2.20. The van der Waals surface area contributed by atoms with E-state index in [-0.39, 0.29) is 17.8 Å². The Kier molecular flexibility index (Phi) is 4.54. The first-order valence-electron chi connectivity index (χ1n) is 6.79. The lowest BCUT2D eigenvalue weighted by Gasteiger charge is -2.38. The highest BCUT2D eigenvalue weighted by molar-refractivity contribution is 5.84. The number of hydrogen-bond donors (Lipinski definition) is 2. The van der Waals surface area contributed by atoms with Crippen molar-refractivity contribution in [3.8, 4) is 0 Å². The molecule has 0 atom stereocenters. The van der Waals surface area contributed by atoms with Crippen LogP contribution >= 0.6 is 0 Å². The van der Waals surface area contributed by atoms with Crippen LogP contribution in [0.5, 0.6) is 0 Å². The standard InChI is InChI=1S/C12H19N5O3/c1-2-3-4-5-13-12(20)16-6-9(7-16)17-8-10(11(18)19)14-15-17/h8-9H,2-7H2,1H3,(H,13,20)(H,18,19). The Bertz CT molecular complexity index is 481. The zero-order valence-electron chi connectivity index (χ0n) is 11.4. The van der Waals surface area contributed by atoms with Crippen molar-refractivity contribution in [3.63, 3.8) is 0 Å². The summed E-state index contributed by atoms with van der Waals surface area (Å²) < 4.78 is 1.50. The second-order valence-corrected chi connectivity index (χ2v) is 4.89. The zero-order valence-corrected chi connectivity index (χ0v) is 11.4. The quantitative estimate of drug-likeness (QED) is 0.749. The van der Waals surface area contributed by atoms with Crippen molar-refractivity contribution < 1.29 is 14.7 Å². The third-order valence-electron chi connectivity index (χ3n) is 3.31. The first kappa shape index (κ1) is 14.3. The molecule has 0 radical (unpaired) electrons. The molecule has 1 aliphatic heterocycles. The summed E-state index contributed by atoms with van der Waals surface area (Å²) in [4.78, 5) is 24.1. The lowest BCUT2D eigenvalue weighted by molar-refractivity contribution is 0.0690. The van der Waals surface area contributed by atoms with E-state index < -0.39 is 5.97 Å². The number of nitrogens with one attached hydrogen (secondary N) is 1. The molecule has 8 nitrogen and oxygen atoms in total. The van der Waals surface area contributed by atoms with Crippen LogP contribution in [0, 0.1) is 0 Å². The summed E-state index contributed by atoms with van der Waals surface area (Å²) in [5.41, 5.74) is -0.0764. The maximum atomic E-state index is 11.8. The van der Waals surface area contributed by atoms with Gasteiger partial charge in [-0.25, -0.2) is 14.3 Å². The Morgan fingerprint density at radius 2 is 2.20 bits per heavy atom. The predicted octanol–water partition coefficient (Wildman–Crippen LogP) is 0.733. The summed E-state index contributed by atoms with van der Waals surface area (Å²) in [6.07, 6.45) is 4.62. The van der Waals surface area contributed by atoms with Gasteiger partial charge in [0.15, 0.2) is 5.69 Å². The third kappa shape index (κ3) is 3.25. The van der Waals surface area contributed by atoms with Crippen molar-refractivity contribution >= 4 is 12.0 Å². The molecule has 0 unspecified atom stereocenters. The number of rotatable bonds is 6. The molecule has 2 heterocycles. The lowest BCUT2D eigenvalue weighted by Crippen LogP contribution is -2.54. The monoisotopic (exact) mass is 281 g/mol. The van der Waals surface area contributed by atoms with Crippen LogP contribution < -0.4 is 5.32 Å². The molecule has 1 aromatic rings. The summed E-state index contributed by atoms with van der Waals surface area (Å²) in [6.45, 7) is 3.87. The molecule has 2 amide bonds. The molecular weight excluding hydrogens is 262 g/mol. The molecule has 1 fully saturated rings. The Hall–Kier alpha value is -2.12. The molecule has 110 valence electrons. The van der Waals surface area contributed by atoms with Gasteiger partial charge in [-0.3, -0.25) is 0 Å². The van der Waals surface area contributed by atoms with Crippen LogP contribution in [0.15, 0.2) is 6.20 Å². The molecule has 2 N–H and O–H groups in total. The van der Waals surface area contributed by atoms with Gasteiger partial charge in [0, 0.05) is 19.6 Å². The van der Waals surface area contributed by atoms with E-state index in [4.69, 9.17) is 5.11 Å². The number of carbonyl (C=O) groups excluding carboxylic acids is 1. The number of carboxylic acid groups (broad SMARTS) is 1. The molecule has 2 rings (SSSR count). The first-order valence-corrected chi connectivity index (χ1v) is 6.79. The van der Waals surface area contributed by atoms with Gasteiger partial charge in [0.1, 0.15) is 0 Å². The number of aromatic nitrogens is 3. The van der Waals surface area contributed by atoms with Gasteiger partial charge in [-0.15, -0.1) is 5.10 Å². The number of likely N-dealkylation sites (tertiary alicyclic amines) is 1. The van der Waals surface area contributed by atoms with E-state index in [0.717, 1.165) is 19.3 Å². The van der Waals surface area contributed by atoms with Crippen LogP contribution in [0.3, 0.4) is 0 Å². The van der Waals surface area contributed by atoms with Crippen LogP contribution in [0.25, 0.3) is 0 Å². The fourth-order valence-corrected chi connectivity index (χ4v) is 2.02. The molecular formula is C12H19N5O3. The van der Waals surface area contributed by atoms with Crippen molar-refractivity contribution in [2.75, 3.05) is 19.6 Å². The molecule has 1 saturated heterocycles. The van der Waals surface area contributed by atoms with Crippen molar-refractivity contribution in [1.29, 1.82) is 0 Å². The summed E-state index contributed by atoms with van der Waals surface area (Å²) in [5.74, 6) is -1.10. The summed E-state index contributed by atoms with van der Waals surface area (Å²) >= 11 is 0. The Morgan fingerprint density at radius 3 is 2.80 bits per heavy atom. The van der Waals surface area contributed by atoms with Gasteiger partial charge >= 0.3 is 12.0 Å². The van der Waals surface area contributed by atoms with Crippen LogP contribution in [-0.2, 0) is 0 Å². The van der Waals surface area contributed by atoms with E-state index in [0.29, 0.717) is 19.6 Å². The average Bonchev–Trinajstić information content (AvgIpc) is 2.82. The molecule has 0 spiro atoms. The smallest absolute Gasteiger partial charge is 0.358 e. The topological polar surface area (TPSA) is 100 Å². The molecule has 0 aromatic carbocycles. The number of carboxylic acids is 1. The Morgan fingerprint density at radius 1 is 1.45 bits per heavy atom. The zero-order chi connectivity index (χ0) is 14.5. The highest BCUT2D eigenvalue weighted by Gasteiger charge is 2.32. The minimum absolute atomic E-state index is 0.0111. The van der Waals surface area contributed by atoms with E-state index in [9.17, 15) is 9.59 Å². The maximum absolute atomic E-state index is 11.8. The van der Waals surface area contributed by atoms with Crippen molar-refractivity contribution in [2.45, 2.75) is 32.2 Å². The molecule has 0 aliphatic carbocycles. The normalized spacial score (nSPS) is 14.9. The SMILES string of the molecule is CCCCCNC(=O)N1CC(n2cc(C(=O)O)nn2)C1. The van der Waals surface area contributed by atoms with Gasteiger partial charge in [0.05, 0.1) is 12.2 Å². The van der Waals surface area contributed by atoms with Crippen molar-refractivity contribution in [2.24, 2.45) is 0 Å². The second-order valence-electron chi connectivity index (χ2n) is 4.89. The number of nitrogens with zero attached hydrogens (tertiary/aromatic N) is 4. The molecule has 1 aromatic heterocycles. The molecule has 20 heavy (non-hydrogen) atoms. The Balaban J connectivity index is 1.73. The number of hydrogen-bond acceptors (Lipinski definition) is 4. The minimum atomic E-state index is -1.10. The predicted molar refractivity (Wildman–Crippen MR) is 70.5 cm³/mol. The first-order chi connectivity index (χ1) is 9.61. The van der Waals surface area contributed by atoms with Crippen molar-refractivity contribution in [3.05, 3.63) is 11.9 Å². The number of carbonyl (C=O) groups is 2. The summed E-state index contributed by atoms with van der Waals surface area (Å²) in [7, 11) is 0. The third-order valence-corrected chi connectivity index (χ3v) is 3.31. The molecule has 8 heteroatoms. The summed E-state index contributed by atoms with van der Waals surface area (Å²) in [5, 5.41) is 18.9. The van der Waals surface area contributed by atoms with E-state index >= 15 is 0 Å². The number of amides is 2. The molecule has 0 bridgehead atoms. The van der Waals surface area contributed by atoms with Crippen LogP contribution in [0.2, 0.25) is 0 Å².